The van der Waals surface area contributed by atoms with Gasteiger partial charge in [0.1, 0.15) is 6.10 Å². The lowest BCUT2D eigenvalue weighted by Gasteiger charge is -2.26. The van der Waals surface area contributed by atoms with Crippen molar-refractivity contribution in [2.24, 2.45) is 5.92 Å². The summed E-state index contributed by atoms with van der Waals surface area (Å²) in [6.07, 6.45) is 5.61. The lowest BCUT2D eigenvalue weighted by Crippen LogP contribution is -2.23. The first-order valence-corrected chi connectivity index (χ1v) is 7.13. The van der Waals surface area contributed by atoms with Gasteiger partial charge in [-0.25, -0.2) is 4.79 Å². The second kappa shape index (κ2) is 6.71. The van der Waals surface area contributed by atoms with E-state index in [1.54, 1.807) is 12.1 Å². The van der Waals surface area contributed by atoms with Crippen LogP contribution < -0.4 is 0 Å². The zero-order valence-electron chi connectivity index (χ0n) is 11.7. The van der Waals surface area contributed by atoms with Crippen molar-refractivity contribution in [1.82, 2.24) is 0 Å². The average molecular weight is 262 g/mol. The van der Waals surface area contributed by atoms with Crippen LogP contribution in [0.2, 0.25) is 0 Å². The number of carbonyl (C=O) groups is 1. The quantitative estimate of drug-likeness (QED) is 0.606. The summed E-state index contributed by atoms with van der Waals surface area (Å²) in [5.74, 6) is 0.411. The van der Waals surface area contributed by atoms with Gasteiger partial charge in [0.25, 0.3) is 0 Å². The monoisotopic (exact) mass is 262 g/mol. The molecule has 0 atom stereocenters. The lowest BCUT2D eigenvalue weighted by atomic mass is 9.86. The van der Waals surface area contributed by atoms with Crippen molar-refractivity contribution in [2.75, 3.05) is 0 Å². The Bertz CT molecular complexity index is 420. The van der Waals surface area contributed by atoms with Crippen molar-refractivity contribution in [3.05, 3.63) is 35.4 Å². The van der Waals surface area contributed by atoms with E-state index in [9.17, 15) is 4.79 Å². The van der Waals surface area contributed by atoms with E-state index in [0.29, 0.717) is 5.56 Å². The van der Waals surface area contributed by atoms with Crippen LogP contribution in [0.15, 0.2) is 24.3 Å². The Morgan fingerprint density at radius 2 is 2.00 bits per heavy atom. The molecule has 1 fully saturated rings. The molecule has 1 saturated carbocycles. The van der Waals surface area contributed by atoms with Gasteiger partial charge in [-0.1, -0.05) is 31.0 Å². The Morgan fingerprint density at radius 3 is 2.63 bits per heavy atom. The maximum Gasteiger partial charge on any atom is 0.373 e. The van der Waals surface area contributed by atoms with Gasteiger partial charge < -0.3 is 0 Å². The van der Waals surface area contributed by atoms with Crippen LogP contribution in [0.1, 0.15) is 54.9 Å². The van der Waals surface area contributed by atoms with Gasteiger partial charge in [0.2, 0.25) is 0 Å². The second-order valence-electron chi connectivity index (χ2n) is 5.39. The highest BCUT2D eigenvalue weighted by atomic mass is 17.2. The molecule has 0 amide bonds. The molecule has 3 heteroatoms. The topological polar surface area (TPSA) is 35.5 Å². The van der Waals surface area contributed by atoms with Crippen LogP contribution >= 0.6 is 0 Å². The van der Waals surface area contributed by atoms with Crippen molar-refractivity contribution in [1.29, 1.82) is 0 Å². The molecule has 1 aliphatic carbocycles. The molecule has 1 aromatic carbocycles. The average Bonchev–Trinajstić information content (AvgIpc) is 2.45. The fraction of sp³-hybridized carbons (Fsp3) is 0.562. The first-order chi connectivity index (χ1) is 9.19. The van der Waals surface area contributed by atoms with Gasteiger partial charge in [0, 0.05) is 0 Å². The molecule has 0 radical (unpaired) electrons. The summed E-state index contributed by atoms with van der Waals surface area (Å²) in [7, 11) is 0. The smallest absolute Gasteiger partial charge is 0.293 e. The summed E-state index contributed by atoms with van der Waals surface area (Å²) in [6.45, 7) is 4.17. The highest BCUT2D eigenvalue weighted by Gasteiger charge is 2.22. The second-order valence-corrected chi connectivity index (χ2v) is 5.39. The van der Waals surface area contributed by atoms with E-state index < -0.39 is 5.97 Å². The Balaban J connectivity index is 1.78. The molecule has 0 aromatic heterocycles. The van der Waals surface area contributed by atoms with E-state index in [0.717, 1.165) is 24.3 Å². The zero-order chi connectivity index (χ0) is 13.7. The van der Waals surface area contributed by atoms with Crippen LogP contribution in [0.5, 0.6) is 0 Å². The third kappa shape index (κ3) is 4.06. The summed E-state index contributed by atoms with van der Waals surface area (Å²) in [4.78, 5) is 22.0. The van der Waals surface area contributed by atoms with Gasteiger partial charge in [-0.3, -0.25) is 4.89 Å². The summed E-state index contributed by atoms with van der Waals surface area (Å²) >= 11 is 0. The molecule has 0 bridgehead atoms. The third-order valence-electron chi connectivity index (χ3n) is 3.88. The van der Waals surface area contributed by atoms with Gasteiger partial charge >= 0.3 is 5.97 Å². The van der Waals surface area contributed by atoms with E-state index >= 15 is 0 Å². The van der Waals surface area contributed by atoms with Crippen molar-refractivity contribution >= 4 is 5.97 Å². The Hall–Kier alpha value is -1.35. The molecule has 0 aliphatic heterocycles. The predicted octanol–water partition coefficient (Wildman–Crippen LogP) is 4.05. The van der Waals surface area contributed by atoms with E-state index in [2.05, 4.69) is 6.92 Å². The SMILES string of the molecule is CCC1CCC(OOC(=O)c2cccc(C)c2)CC1. The first kappa shape index (κ1) is 14.1. The molecule has 2 rings (SSSR count). The molecule has 1 aliphatic rings. The Labute approximate surface area is 114 Å². The summed E-state index contributed by atoms with van der Waals surface area (Å²) < 4.78 is 0. The number of benzene rings is 1. The highest BCUT2D eigenvalue weighted by Crippen LogP contribution is 2.28. The lowest BCUT2D eigenvalue weighted by molar-refractivity contribution is -0.280. The molecule has 0 spiro atoms. The summed E-state index contributed by atoms with van der Waals surface area (Å²) in [5.41, 5.74) is 1.58. The van der Waals surface area contributed by atoms with Crippen LogP contribution in [0, 0.1) is 12.8 Å². The van der Waals surface area contributed by atoms with E-state index in [1.165, 1.54) is 19.3 Å². The van der Waals surface area contributed by atoms with Crippen molar-refractivity contribution in [3.8, 4) is 0 Å². The number of carbonyl (C=O) groups excluding carboxylic acids is 1. The molecule has 3 nitrogen and oxygen atoms in total. The van der Waals surface area contributed by atoms with Crippen LogP contribution in [0.3, 0.4) is 0 Å². The Kier molecular flexibility index (Phi) is 4.97. The van der Waals surface area contributed by atoms with Gasteiger partial charge in [0.15, 0.2) is 0 Å². The van der Waals surface area contributed by atoms with Gasteiger partial charge in [-0.2, -0.15) is 4.89 Å². The van der Waals surface area contributed by atoms with Crippen LogP contribution in [-0.2, 0) is 9.78 Å². The molecular formula is C16H22O3. The van der Waals surface area contributed by atoms with Crippen molar-refractivity contribution < 1.29 is 14.6 Å². The fourth-order valence-corrected chi connectivity index (χ4v) is 2.57. The van der Waals surface area contributed by atoms with Gasteiger partial charge in [-0.15, -0.1) is 0 Å². The maximum atomic E-state index is 11.8. The molecule has 0 saturated heterocycles. The summed E-state index contributed by atoms with van der Waals surface area (Å²) in [5, 5.41) is 0. The van der Waals surface area contributed by atoms with Crippen LogP contribution in [-0.4, -0.2) is 12.1 Å². The molecule has 104 valence electrons. The van der Waals surface area contributed by atoms with Gasteiger partial charge in [0.05, 0.1) is 5.56 Å². The molecule has 1 aromatic rings. The molecular weight excluding hydrogens is 240 g/mol. The number of rotatable bonds is 4. The molecule has 0 heterocycles. The first-order valence-electron chi connectivity index (χ1n) is 7.13. The van der Waals surface area contributed by atoms with Gasteiger partial charge in [-0.05, 0) is 50.7 Å². The summed E-state index contributed by atoms with van der Waals surface area (Å²) in [6, 6.07) is 7.34. The molecule has 19 heavy (non-hydrogen) atoms. The van der Waals surface area contributed by atoms with E-state index in [1.807, 2.05) is 19.1 Å². The largest absolute Gasteiger partial charge is 0.373 e. The predicted molar refractivity (Wildman–Crippen MR) is 73.7 cm³/mol. The number of hydrogen-bond acceptors (Lipinski definition) is 3. The van der Waals surface area contributed by atoms with Crippen molar-refractivity contribution in [3.63, 3.8) is 0 Å². The van der Waals surface area contributed by atoms with Crippen LogP contribution in [0.4, 0.5) is 0 Å². The standard InChI is InChI=1S/C16H22O3/c1-3-13-7-9-15(10-8-13)18-19-16(17)14-6-4-5-12(2)11-14/h4-6,11,13,15H,3,7-10H2,1-2H3. The fourth-order valence-electron chi connectivity index (χ4n) is 2.57. The normalized spacial score (nSPS) is 23.1. The number of hydrogen-bond donors (Lipinski definition) is 0. The number of aryl methyl sites for hydroxylation is 1. The van der Waals surface area contributed by atoms with E-state index in [4.69, 9.17) is 9.78 Å². The molecule has 0 unspecified atom stereocenters. The Morgan fingerprint density at radius 1 is 1.26 bits per heavy atom. The minimum atomic E-state index is -0.402. The highest BCUT2D eigenvalue weighted by molar-refractivity contribution is 5.89. The minimum Gasteiger partial charge on any atom is -0.293 e. The zero-order valence-corrected chi connectivity index (χ0v) is 11.7. The van der Waals surface area contributed by atoms with E-state index in [-0.39, 0.29) is 6.10 Å². The maximum absolute atomic E-state index is 11.8. The van der Waals surface area contributed by atoms with Crippen LogP contribution in [0.25, 0.3) is 0 Å². The minimum absolute atomic E-state index is 0.0663. The van der Waals surface area contributed by atoms with Crippen molar-refractivity contribution in [2.45, 2.75) is 52.1 Å². The third-order valence-corrected chi connectivity index (χ3v) is 3.88. The molecule has 0 N–H and O–H groups in total.